The Morgan fingerprint density at radius 1 is 1.15 bits per heavy atom. The lowest BCUT2D eigenvalue weighted by Gasteiger charge is -2.24. The molecule has 0 fully saturated rings. The minimum atomic E-state index is -3.60. The van der Waals surface area contributed by atoms with Crippen LogP contribution in [0, 0.1) is 0 Å². The first kappa shape index (κ1) is 12.6. The molecule has 6 nitrogen and oxygen atoms in total. The normalized spacial score (nSPS) is 15.9. The zero-order chi connectivity index (χ0) is 14.2. The molecule has 3 rings (SSSR count). The highest BCUT2D eigenvalue weighted by molar-refractivity contribution is 7.89. The van der Waals surface area contributed by atoms with Crippen LogP contribution in [-0.2, 0) is 16.6 Å². The van der Waals surface area contributed by atoms with Gasteiger partial charge in [0.1, 0.15) is 17.1 Å². The first-order chi connectivity index (χ1) is 9.59. The molecule has 1 aliphatic rings. The van der Waals surface area contributed by atoms with Gasteiger partial charge in [0.15, 0.2) is 0 Å². The smallest absolute Gasteiger partial charge is 0.267 e. The summed E-state index contributed by atoms with van der Waals surface area (Å²) in [5, 5.41) is 0. The van der Waals surface area contributed by atoms with Crippen molar-refractivity contribution >= 4 is 27.9 Å². The second-order valence-electron chi connectivity index (χ2n) is 4.31. The zero-order valence-corrected chi connectivity index (χ0v) is 11.3. The first-order valence-electron chi connectivity index (χ1n) is 5.93. The molecule has 1 aromatic carbocycles. The lowest BCUT2D eigenvalue weighted by Crippen LogP contribution is -2.31. The number of nitrogen functional groups attached to an aromatic ring is 1. The summed E-state index contributed by atoms with van der Waals surface area (Å²) in [6, 6.07) is 10.1. The average molecular weight is 288 g/mol. The zero-order valence-electron chi connectivity index (χ0n) is 10.5. The van der Waals surface area contributed by atoms with Gasteiger partial charge in [-0.1, -0.05) is 18.2 Å². The fourth-order valence-electron chi connectivity index (χ4n) is 1.98. The Kier molecular flexibility index (Phi) is 2.90. The Balaban J connectivity index is 2.00. The number of para-hydroxylation sites is 1. The third-order valence-electron chi connectivity index (χ3n) is 3.03. The van der Waals surface area contributed by atoms with Gasteiger partial charge in [-0.3, -0.25) is 4.31 Å². The van der Waals surface area contributed by atoms with Gasteiger partial charge < -0.3 is 5.73 Å². The van der Waals surface area contributed by atoms with Gasteiger partial charge in [0, 0.05) is 11.8 Å². The van der Waals surface area contributed by atoms with Crippen molar-refractivity contribution in [2.24, 2.45) is 4.99 Å². The third-order valence-corrected chi connectivity index (χ3v) is 4.77. The molecule has 1 aliphatic heterocycles. The van der Waals surface area contributed by atoms with Gasteiger partial charge in [0.25, 0.3) is 10.0 Å². The number of pyridine rings is 1. The number of hydrogen-bond acceptors (Lipinski definition) is 5. The SMILES string of the molecule is Nc1ncccc1CN1C=Nc2ccccc2S1(=O)=O. The summed E-state index contributed by atoms with van der Waals surface area (Å²) in [4.78, 5) is 8.30. The van der Waals surface area contributed by atoms with E-state index in [0.717, 1.165) is 0 Å². The van der Waals surface area contributed by atoms with Crippen LogP contribution >= 0.6 is 0 Å². The molecule has 20 heavy (non-hydrogen) atoms. The number of sulfonamides is 1. The van der Waals surface area contributed by atoms with E-state index in [9.17, 15) is 8.42 Å². The summed E-state index contributed by atoms with van der Waals surface area (Å²) in [5.74, 6) is 0.315. The summed E-state index contributed by atoms with van der Waals surface area (Å²) in [5.41, 5.74) is 6.83. The van der Waals surface area contributed by atoms with E-state index < -0.39 is 10.0 Å². The fraction of sp³-hybridized carbons (Fsp3) is 0.0769. The summed E-state index contributed by atoms with van der Waals surface area (Å²) in [7, 11) is -3.60. The molecule has 2 N–H and O–H groups in total. The van der Waals surface area contributed by atoms with E-state index in [1.54, 1.807) is 42.6 Å². The van der Waals surface area contributed by atoms with Crippen molar-refractivity contribution in [3.63, 3.8) is 0 Å². The Morgan fingerprint density at radius 3 is 2.75 bits per heavy atom. The van der Waals surface area contributed by atoms with E-state index >= 15 is 0 Å². The maximum atomic E-state index is 12.5. The van der Waals surface area contributed by atoms with E-state index in [4.69, 9.17) is 5.73 Å². The Bertz CT molecular complexity index is 786. The van der Waals surface area contributed by atoms with E-state index in [-0.39, 0.29) is 11.4 Å². The van der Waals surface area contributed by atoms with Crippen LogP contribution in [0.1, 0.15) is 5.56 Å². The summed E-state index contributed by atoms with van der Waals surface area (Å²) in [6.07, 6.45) is 2.87. The lowest BCUT2D eigenvalue weighted by molar-refractivity contribution is 0.522. The molecular formula is C13H12N4O2S. The molecule has 0 radical (unpaired) electrons. The minimum Gasteiger partial charge on any atom is -0.383 e. The third kappa shape index (κ3) is 2.01. The number of rotatable bonds is 2. The van der Waals surface area contributed by atoms with E-state index in [1.807, 2.05) is 0 Å². The van der Waals surface area contributed by atoms with Crippen LogP contribution in [0.2, 0.25) is 0 Å². The van der Waals surface area contributed by atoms with Gasteiger partial charge in [-0.05, 0) is 18.2 Å². The summed E-state index contributed by atoms with van der Waals surface area (Å²) >= 11 is 0. The van der Waals surface area contributed by atoms with E-state index in [0.29, 0.717) is 17.1 Å². The van der Waals surface area contributed by atoms with Crippen molar-refractivity contribution in [1.82, 2.24) is 9.29 Å². The number of anilines is 1. The Hall–Kier alpha value is -2.41. The standard InChI is InChI=1S/C13H12N4O2S/c14-13-10(4-3-7-15-13)8-17-9-16-11-5-1-2-6-12(11)20(17,18)19/h1-7,9H,8H2,(H2,14,15). The number of nitrogens with zero attached hydrogens (tertiary/aromatic N) is 3. The molecule has 0 saturated carbocycles. The molecule has 0 saturated heterocycles. The highest BCUT2D eigenvalue weighted by atomic mass is 32.2. The van der Waals surface area contributed by atoms with Crippen molar-refractivity contribution in [2.75, 3.05) is 5.73 Å². The molecule has 0 aliphatic carbocycles. The van der Waals surface area contributed by atoms with Crippen LogP contribution in [0.3, 0.4) is 0 Å². The van der Waals surface area contributed by atoms with Crippen molar-refractivity contribution < 1.29 is 8.42 Å². The molecule has 2 heterocycles. The van der Waals surface area contributed by atoms with Gasteiger partial charge >= 0.3 is 0 Å². The maximum Gasteiger partial charge on any atom is 0.267 e. The van der Waals surface area contributed by atoms with Crippen molar-refractivity contribution in [3.8, 4) is 0 Å². The molecule has 0 bridgehead atoms. The Labute approximate surface area is 116 Å². The molecule has 7 heteroatoms. The number of aliphatic imine (C=N–C) groups is 1. The quantitative estimate of drug-likeness (QED) is 0.907. The fourth-order valence-corrected chi connectivity index (χ4v) is 3.34. The van der Waals surface area contributed by atoms with Gasteiger partial charge in [0.2, 0.25) is 0 Å². The highest BCUT2D eigenvalue weighted by Gasteiger charge is 2.28. The van der Waals surface area contributed by atoms with Crippen molar-refractivity contribution in [2.45, 2.75) is 11.4 Å². The van der Waals surface area contributed by atoms with Crippen LogP contribution < -0.4 is 5.73 Å². The van der Waals surface area contributed by atoms with Crippen molar-refractivity contribution in [3.05, 3.63) is 48.2 Å². The van der Waals surface area contributed by atoms with Crippen LogP contribution in [0.5, 0.6) is 0 Å². The monoisotopic (exact) mass is 288 g/mol. The second kappa shape index (κ2) is 4.61. The average Bonchev–Trinajstić information content (AvgIpc) is 2.44. The second-order valence-corrected chi connectivity index (χ2v) is 6.17. The molecule has 0 amide bonds. The van der Waals surface area contributed by atoms with Crippen LogP contribution in [-0.4, -0.2) is 24.0 Å². The molecule has 102 valence electrons. The predicted molar refractivity (Wildman–Crippen MR) is 76.0 cm³/mol. The molecule has 0 atom stereocenters. The number of aromatic nitrogens is 1. The lowest BCUT2D eigenvalue weighted by atomic mass is 10.2. The Morgan fingerprint density at radius 2 is 1.95 bits per heavy atom. The number of hydrogen-bond donors (Lipinski definition) is 1. The van der Waals surface area contributed by atoms with Crippen LogP contribution in [0.25, 0.3) is 0 Å². The molecular weight excluding hydrogens is 276 g/mol. The summed E-state index contributed by atoms with van der Waals surface area (Å²) in [6.45, 7) is 0.111. The summed E-state index contributed by atoms with van der Waals surface area (Å²) < 4.78 is 26.2. The molecule has 1 aromatic heterocycles. The number of fused-ring (bicyclic) bond motifs is 1. The maximum absolute atomic E-state index is 12.5. The molecule has 0 unspecified atom stereocenters. The minimum absolute atomic E-state index is 0.111. The predicted octanol–water partition coefficient (Wildman–Crippen LogP) is 1.53. The topological polar surface area (TPSA) is 88.7 Å². The van der Waals surface area contributed by atoms with Crippen molar-refractivity contribution in [1.29, 1.82) is 0 Å². The van der Waals surface area contributed by atoms with Gasteiger partial charge in [-0.2, -0.15) is 0 Å². The number of nitrogens with two attached hydrogens (primary N) is 1. The van der Waals surface area contributed by atoms with E-state index in [2.05, 4.69) is 9.98 Å². The van der Waals surface area contributed by atoms with Crippen LogP contribution in [0.15, 0.2) is 52.5 Å². The van der Waals surface area contributed by atoms with Gasteiger partial charge in [-0.15, -0.1) is 0 Å². The van der Waals surface area contributed by atoms with E-state index in [1.165, 1.54) is 10.6 Å². The number of benzene rings is 1. The van der Waals surface area contributed by atoms with Gasteiger partial charge in [0.05, 0.1) is 12.2 Å². The molecule has 0 spiro atoms. The van der Waals surface area contributed by atoms with Gasteiger partial charge in [-0.25, -0.2) is 18.4 Å². The molecule has 2 aromatic rings. The first-order valence-corrected chi connectivity index (χ1v) is 7.37. The highest BCUT2D eigenvalue weighted by Crippen LogP contribution is 2.30. The van der Waals surface area contributed by atoms with Crippen LogP contribution in [0.4, 0.5) is 11.5 Å². The largest absolute Gasteiger partial charge is 0.383 e.